The van der Waals surface area contributed by atoms with Gasteiger partial charge in [0.05, 0.1) is 0 Å². The van der Waals surface area contributed by atoms with Crippen molar-refractivity contribution in [2.24, 2.45) is 17.8 Å². The Morgan fingerprint density at radius 3 is 2.19 bits per heavy atom. The number of hydrogen-bond donors (Lipinski definition) is 0. The molecule has 0 aromatic carbocycles. The molecule has 0 radical (unpaired) electrons. The molecule has 27 heavy (non-hydrogen) atoms. The number of rotatable bonds is 4. The molecular weight excluding hydrogens is 336 g/mol. The number of amides is 2. The van der Waals surface area contributed by atoms with Gasteiger partial charge in [-0.1, -0.05) is 32.1 Å². The molecule has 4 heteroatoms. The second-order valence-corrected chi connectivity index (χ2v) is 9.63. The highest BCUT2D eigenvalue weighted by Crippen LogP contribution is 2.37. The maximum absolute atomic E-state index is 12.8. The Morgan fingerprint density at radius 2 is 1.33 bits per heavy atom. The monoisotopic (exact) mass is 374 g/mol. The van der Waals surface area contributed by atoms with E-state index in [1.54, 1.807) is 0 Å². The quantitative estimate of drug-likeness (QED) is 0.733. The van der Waals surface area contributed by atoms with Gasteiger partial charge >= 0.3 is 0 Å². The van der Waals surface area contributed by atoms with Crippen LogP contribution in [0.1, 0.15) is 89.9 Å². The molecule has 152 valence electrons. The maximum Gasteiger partial charge on any atom is 0.222 e. The Labute approximate surface area is 165 Å². The molecule has 2 heterocycles. The number of carbonyl (C=O) groups excluding carboxylic acids is 2. The van der Waals surface area contributed by atoms with Crippen LogP contribution < -0.4 is 0 Å². The van der Waals surface area contributed by atoms with E-state index in [-0.39, 0.29) is 0 Å². The molecule has 0 spiro atoms. The lowest BCUT2D eigenvalue weighted by atomic mass is 9.75. The summed E-state index contributed by atoms with van der Waals surface area (Å²) in [6, 6.07) is 0.501. The lowest BCUT2D eigenvalue weighted by molar-refractivity contribution is -0.138. The van der Waals surface area contributed by atoms with E-state index in [1.165, 1.54) is 70.6 Å². The van der Waals surface area contributed by atoms with E-state index < -0.39 is 0 Å². The van der Waals surface area contributed by atoms with E-state index >= 15 is 0 Å². The van der Waals surface area contributed by atoms with E-state index in [4.69, 9.17) is 0 Å². The summed E-state index contributed by atoms with van der Waals surface area (Å²) in [6.45, 7) is 2.88. The fourth-order valence-electron chi connectivity index (χ4n) is 6.45. The van der Waals surface area contributed by atoms with Crippen LogP contribution in [0.4, 0.5) is 0 Å². The normalized spacial score (nSPS) is 33.9. The molecule has 4 rings (SSSR count). The lowest BCUT2D eigenvalue weighted by Crippen LogP contribution is -2.49. The number of fused-ring (bicyclic) bond motifs is 2. The van der Waals surface area contributed by atoms with Crippen molar-refractivity contribution < 1.29 is 9.59 Å². The van der Waals surface area contributed by atoms with Crippen molar-refractivity contribution in [3.8, 4) is 0 Å². The second-order valence-electron chi connectivity index (χ2n) is 9.63. The lowest BCUT2D eigenvalue weighted by Gasteiger charge is -2.44. The molecule has 2 aliphatic carbocycles. The molecular formula is C23H38N2O2. The van der Waals surface area contributed by atoms with Gasteiger partial charge in [-0.2, -0.15) is 0 Å². The van der Waals surface area contributed by atoms with Gasteiger partial charge in [-0.25, -0.2) is 0 Å². The van der Waals surface area contributed by atoms with E-state index in [1.807, 2.05) is 0 Å². The van der Waals surface area contributed by atoms with E-state index in [2.05, 4.69) is 9.80 Å². The Morgan fingerprint density at radius 1 is 0.667 bits per heavy atom. The van der Waals surface area contributed by atoms with Gasteiger partial charge < -0.3 is 9.80 Å². The molecule has 2 saturated heterocycles. The van der Waals surface area contributed by atoms with Crippen LogP contribution in [0, 0.1) is 17.8 Å². The molecule has 0 aromatic rings. The average molecular weight is 375 g/mol. The summed E-state index contributed by atoms with van der Waals surface area (Å²) < 4.78 is 0. The van der Waals surface area contributed by atoms with Crippen LogP contribution in [0.15, 0.2) is 0 Å². The summed E-state index contributed by atoms with van der Waals surface area (Å²) in [5.74, 6) is 2.96. The molecule has 4 aliphatic rings. The molecule has 0 bridgehead atoms. The van der Waals surface area contributed by atoms with Gasteiger partial charge in [-0.15, -0.1) is 0 Å². The minimum absolute atomic E-state index is 0.293. The van der Waals surface area contributed by atoms with Gasteiger partial charge in [0.1, 0.15) is 0 Å². The standard InChI is InChI=1S/C23H38N2O2/c26-22(24-16-14-18-7-1-2-9-20(18)17-24)12-5-13-23(27)25-15-6-10-19-8-3-4-11-21(19)25/h18-21H,1-17H2. The molecule has 0 aromatic heterocycles. The van der Waals surface area contributed by atoms with Crippen LogP contribution in [0.5, 0.6) is 0 Å². The SMILES string of the molecule is O=C(CCCC(=O)N1CCCC2CCCCC21)N1CCC2CCCCC2C1. The van der Waals surface area contributed by atoms with Gasteiger partial charge in [-0.3, -0.25) is 9.59 Å². The summed E-state index contributed by atoms with van der Waals surface area (Å²) in [6.07, 6.45) is 16.1. The number of piperidine rings is 2. The zero-order chi connectivity index (χ0) is 18.6. The zero-order valence-corrected chi connectivity index (χ0v) is 17.0. The molecule has 2 saturated carbocycles. The first-order chi connectivity index (χ1) is 13.2. The minimum atomic E-state index is 0.293. The summed E-state index contributed by atoms with van der Waals surface area (Å²) >= 11 is 0. The Kier molecular flexibility index (Phi) is 6.39. The summed E-state index contributed by atoms with van der Waals surface area (Å²) in [4.78, 5) is 29.8. The Balaban J connectivity index is 1.21. The van der Waals surface area contributed by atoms with Crippen LogP contribution in [-0.4, -0.2) is 47.3 Å². The first kappa shape index (κ1) is 19.3. The minimum Gasteiger partial charge on any atom is -0.342 e. The second kappa shape index (κ2) is 8.96. The molecule has 4 nitrogen and oxygen atoms in total. The van der Waals surface area contributed by atoms with Gasteiger partial charge in [0, 0.05) is 38.5 Å². The fraction of sp³-hybridized carbons (Fsp3) is 0.913. The third kappa shape index (κ3) is 4.51. The van der Waals surface area contributed by atoms with Crippen molar-refractivity contribution in [2.75, 3.05) is 19.6 Å². The molecule has 2 aliphatic heterocycles. The van der Waals surface area contributed by atoms with Crippen LogP contribution in [0.2, 0.25) is 0 Å². The maximum atomic E-state index is 12.8. The Hall–Kier alpha value is -1.06. The van der Waals surface area contributed by atoms with Crippen LogP contribution in [0.25, 0.3) is 0 Å². The highest BCUT2D eigenvalue weighted by atomic mass is 16.2. The van der Waals surface area contributed by atoms with Crippen molar-refractivity contribution in [2.45, 2.75) is 95.9 Å². The molecule has 4 fully saturated rings. The van der Waals surface area contributed by atoms with Gasteiger partial charge in [-0.05, 0) is 62.7 Å². The summed E-state index contributed by atoms with van der Waals surface area (Å²) in [5, 5.41) is 0. The number of hydrogen-bond acceptors (Lipinski definition) is 2. The third-order valence-corrected chi connectivity index (χ3v) is 7.99. The van der Waals surface area contributed by atoms with Crippen molar-refractivity contribution in [3.63, 3.8) is 0 Å². The highest BCUT2D eigenvalue weighted by molar-refractivity contribution is 5.79. The van der Waals surface area contributed by atoms with Gasteiger partial charge in [0.15, 0.2) is 0 Å². The first-order valence-corrected chi connectivity index (χ1v) is 11.8. The summed E-state index contributed by atoms with van der Waals surface area (Å²) in [7, 11) is 0. The van der Waals surface area contributed by atoms with Crippen molar-refractivity contribution in [3.05, 3.63) is 0 Å². The predicted molar refractivity (Wildman–Crippen MR) is 107 cm³/mol. The molecule has 0 N–H and O–H groups in total. The highest BCUT2D eigenvalue weighted by Gasteiger charge is 2.36. The smallest absolute Gasteiger partial charge is 0.222 e. The van der Waals surface area contributed by atoms with Crippen molar-refractivity contribution >= 4 is 11.8 Å². The van der Waals surface area contributed by atoms with Crippen LogP contribution in [0.3, 0.4) is 0 Å². The molecule has 2 amide bonds. The van der Waals surface area contributed by atoms with E-state index in [9.17, 15) is 9.59 Å². The van der Waals surface area contributed by atoms with Gasteiger partial charge in [0.25, 0.3) is 0 Å². The first-order valence-electron chi connectivity index (χ1n) is 11.8. The predicted octanol–water partition coefficient (Wildman–Crippen LogP) is 4.38. The summed E-state index contributed by atoms with van der Waals surface area (Å²) in [5.41, 5.74) is 0. The van der Waals surface area contributed by atoms with Gasteiger partial charge in [0.2, 0.25) is 11.8 Å². The average Bonchev–Trinajstić information content (AvgIpc) is 2.72. The van der Waals surface area contributed by atoms with Crippen molar-refractivity contribution in [1.82, 2.24) is 9.80 Å². The molecule has 4 unspecified atom stereocenters. The topological polar surface area (TPSA) is 40.6 Å². The Bertz CT molecular complexity index is 532. The number of carbonyl (C=O) groups is 2. The number of likely N-dealkylation sites (tertiary alicyclic amines) is 2. The third-order valence-electron chi connectivity index (χ3n) is 7.99. The van der Waals surface area contributed by atoms with Crippen LogP contribution in [-0.2, 0) is 9.59 Å². The van der Waals surface area contributed by atoms with E-state index in [0.29, 0.717) is 30.7 Å². The fourth-order valence-corrected chi connectivity index (χ4v) is 6.45. The van der Waals surface area contributed by atoms with Crippen LogP contribution >= 0.6 is 0 Å². The largest absolute Gasteiger partial charge is 0.342 e. The number of nitrogens with zero attached hydrogens (tertiary/aromatic N) is 2. The zero-order valence-electron chi connectivity index (χ0n) is 17.0. The molecule has 4 atom stereocenters. The van der Waals surface area contributed by atoms with Crippen molar-refractivity contribution in [1.29, 1.82) is 0 Å². The van der Waals surface area contributed by atoms with E-state index in [0.717, 1.165) is 43.8 Å².